The molecule has 158 valence electrons. The number of likely N-dealkylation sites (tertiary alicyclic amines) is 1. The molecule has 0 aliphatic carbocycles. The second-order valence-electron chi connectivity index (χ2n) is 7.37. The van der Waals surface area contributed by atoms with Gasteiger partial charge in [-0.3, -0.25) is 15.0 Å². The van der Waals surface area contributed by atoms with Crippen molar-refractivity contribution in [3.63, 3.8) is 0 Å². The van der Waals surface area contributed by atoms with Gasteiger partial charge in [-0.2, -0.15) is 5.10 Å². The van der Waals surface area contributed by atoms with Gasteiger partial charge in [-0.1, -0.05) is 6.07 Å². The minimum absolute atomic E-state index is 0.0751. The molecular weight excluding hydrogens is 410 g/mol. The van der Waals surface area contributed by atoms with Crippen LogP contribution in [0.25, 0.3) is 33.1 Å². The van der Waals surface area contributed by atoms with Gasteiger partial charge in [0.1, 0.15) is 23.4 Å². The number of nitrogens with one attached hydrogen (secondary N) is 3. The summed E-state index contributed by atoms with van der Waals surface area (Å²) in [7, 11) is 1.93. The molecule has 2 aromatic carbocycles. The van der Waals surface area contributed by atoms with Gasteiger partial charge >= 0.3 is 6.09 Å². The predicted octanol–water partition coefficient (Wildman–Crippen LogP) is 2.61. The number of benzene rings is 2. The topological polar surface area (TPSA) is 116 Å². The Morgan fingerprint density at radius 1 is 1.19 bits per heavy atom. The third-order valence-corrected chi connectivity index (χ3v) is 5.12. The first-order chi connectivity index (χ1) is 14.9. The molecule has 2 aromatic heterocycles. The van der Waals surface area contributed by atoms with Crippen LogP contribution in [0.2, 0.25) is 0 Å². The number of halogens is 2. The SMILES string of the molecule is CN1CC(OC(=O)Nc2nc3ccc(-c4n[nH]c(=O)c5c(F)ccc(F)c45)cc3[nH]2)C1. The lowest BCUT2D eigenvalue weighted by molar-refractivity contribution is 0.00677. The van der Waals surface area contributed by atoms with E-state index in [0.717, 1.165) is 12.1 Å². The summed E-state index contributed by atoms with van der Waals surface area (Å²) in [4.78, 5) is 33.2. The summed E-state index contributed by atoms with van der Waals surface area (Å²) in [5, 5.41) is 8.05. The first kappa shape index (κ1) is 19.1. The van der Waals surface area contributed by atoms with E-state index in [4.69, 9.17) is 4.74 Å². The van der Waals surface area contributed by atoms with E-state index in [0.29, 0.717) is 29.7 Å². The van der Waals surface area contributed by atoms with Gasteiger partial charge < -0.3 is 9.72 Å². The van der Waals surface area contributed by atoms with E-state index < -0.39 is 28.7 Å². The molecule has 0 unspecified atom stereocenters. The Balaban J connectivity index is 1.48. The molecule has 0 radical (unpaired) electrons. The largest absolute Gasteiger partial charge is 0.443 e. The van der Waals surface area contributed by atoms with Crippen LogP contribution in [0.5, 0.6) is 0 Å². The molecule has 1 aliphatic heterocycles. The van der Waals surface area contributed by atoms with Crippen LogP contribution in [0.4, 0.5) is 19.5 Å². The lowest BCUT2D eigenvalue weighted by Gasteiger charge is -2.34. The van der Waals surface area contributed by atoms with Gasteiger partial charge in [0.15, 0.2) is 0 Å². The Labute approximate surface area is 173 Å². The second kappa shape index (κ2) is 7.13. The fourth-order valence-electron chi connectivity index (χ4n) is 3.64. The monoisotopic (exact) mass is 426 g/mol. The van der Waals surface area contributed by atoms with Gasteiger partial charge in [0, 0.05) is 18.7 Å². The molecular formula is C20H16F2N6O3. The molecule has 31 heavy (non-hydrogen) atoms. The quantitative estimate of drug-likeness (QED) is 0.464. The number of fused-ring (bicyclic) bond motifs is 2. The number of amides is 1. The highest BCUT2D eigenvalue weighted by molar-refractivity contribution is 5.96. The Hall–Kier alpha value is -3.86. The minimum Gasteiger partial charge on any atom is -0.443 e. The van der Waals surface area contributed by atoms with Gasteiger partial charge in [-0.05, 0) is 31.3 Å². The smallest absolute Gasteiger partial charge is 0.414 e. The number of aromatic nitrogens is 4. The Kier molecular flexibility index (Phi) is 4.40. The van der Waals surface area contributed by atoms with Gasteiger partial charge in [0.05, 0.1) is 21.8 Å². The zero-order valence-electron chi connectivity index (χ0n) is 16.2. The van der Waals surface area contributed by atoms with Crippen LogP contribution >= 0.6 is 0 Å². The average Bonchev–Trinajstić information content (AvgIpc) is 3.10. The molecule has 1 aliphatic rings. The summed E-state index contributed by atoms with van der Waals surface area (Å²) in [5.74, 6) is -1.42. The number of likely N-dealkylation sites (N-methyl/N-ethyl adjacent to an activating group) is 1. The van der Waals surface area contributed by atoms with E-state index in [1.54, 1.807) is 18.2 Å². The lowest BCUT2D eigenvalue weighted by atomic mass is 10.0. The summed E-state index contributed by atoms with van der Waals surface area (Å²) in [5.41, 5.74) is 0.734. The van der Waals surface area contributed by atoms with Crippen LogP contribution in [0, 0.1) is 11.6 Å². The maximum Gasteiger partial charge on any atom is 0.414 e. The van der Waals surface area contributed by atoms with Crippen molar-refractivity contribution in [2.45, 2.75) is 6.10 Å². The molecule has 3 heterocycles. The number of rotatable bonds is 3. The maximum absolute atomic E-state index is 14.5. The zero-order valence-corrected chi connectivity index (χ0v) is 16.2. The van der Waals surface area contributed by atoms with Crippen LogP contribution in [-0.4, -0.2) is 57.4 Å². The molecule has 0 bridgehead atoms. The molecule has 0 spiro atoms. The highest BCUT2D eigenvalue weighted by Gasteiger charge is 2.27. The predicted molar refractivity (Wildman–Crippen MR) is 109 cm³/mol. The number of anilines is 1. The fourth-order valence-corrected chi connectivity index (χ4v) is 3.64. The van der Waals surface area contributed by atoms with E-state index in [9.17, 15) is 18.4 Å². The number of aromatic amines is 2. The highest BCUT2D eigenvalue weighted by Crippen LogP contribution is 2.30. The summed E-state index contributed by atoms with van der Waals surface area (Å²) in [6.07, 6.45) is -0.779. The first-order valence-electron chi connectivity index (χ1n) is 9.42. The van der Waals surface area contributed by atoms with Gasteiger partial charge in [0.2, 0.25) is 5.95 Å². The van der Waals surface area contributed by atoms with Crippen LogP contribution in [-0.2, 0) is 4.74 Å². The standard InChI is InChI=1S/C20H16F2N6O3/c1-28-7-10(8-28)31-20(30)25-19-23-13-5-2-9(6-14(13)24-19)17-15-11(21)3-4-12(22)16(15)18(29)27-26-17/h2-6,10H,7-8H2,1H3,(H,27,29)(H2,23,24,25,30). The molecule has 1 saturated heterocycles. The third-order valence-electron chi connectivity index (χ3n) is 5.12. The summed E-state index contributed by atoms with van der Waals surface area (Å²) >= 11 is 0. The van der Waals surface area contributed by atoms with Crippen molar-refractivity contribution in [1.82, 2.24) is 25.1 Å². The van der Waals surface area contributed by atoms with Crippen LogP contribution < -0.4 is 10.9 Å². The molecule has 1 amide bonds. The van der Waals surface area contributed by atoms with Crippen LogP contribution in [0.1, 0.15) is 0 Å². The molecule has 5 rings (SSSR count). The number of H-pyrrole nitrogens is 2. The number of ether oxygens (including phenoxy) is 1. The molecule has 4 aromatic rings. The average molecular weight is 426 g/mol. The van der Waals surface area contributed by atoms with E-state index in [1.807, 2.05) is 11.9 Å². The van der Waals surface area contributed by atoms with E-state index >= 15 is 0 Å². The molecule has 0 saturated carbocycles. The lowest BCUT2D eigenvalue weighted by Crippen LogP contribution is -2.50. The minimum atomic E-state index is -0.841. The Morgan fingerprint density at radius 2 is 1.94 bits per heavy atom. The summed E-state index contributed by atoms with van der Waals surface area (Å²) in [6, 6.07) is 6.70. The van der Waals surface area contributed by atoms with E-state index in [-0.39, 0.29) is 23.1 Å². The van der Waals surface area contributed by atoms with Crippen molar-refractivity contribution in [3.05, 3.63) is 52.3 Å². The Bertz CT molecular complexity index is 1390. The number of nitrogens with zero attached hydrogens (tertiary/aromatic N) is 3. The van der Waals surface area contributed by atoms with E-state index in [1.165, 1.54) is 0 Å². The number of carbonyl (C=O) groups is 1. The molecule has 0 atom stereocenters. The summed E-state index contributed by atoms with van der Waals surface area (Å²) in [6.45, 7) is 1.35. The van der Waals surface area contributed by atoms with E-state index in [2.05, 4.69) is 25.5 Å². The molecule has 9 nitrogen and oxygen atoms in total. The zero-order chi connectivity index (χ0) is 21.7. The third kappa shape index (κ3) is 3.38. The molecule has 11 heteroatoms. The second-order valence-corrected chi connectivity index (χ2v) is 7.37. The van der Waals surface area contributed by atoms with Gasteiger partial charge in [0.25, 0.3) is 5.56 Å². The van der Waals surface area contributed by atoms with Gasteiger partial charge in [-0.15, -0.1) is 0 Å². The number of carbonyl (C=O) groups excluding carboxylic acids is 1. The van der Waals surface area contributed by atoms with Crippen molar-refractivity contribution >= 4 is 33.8 Å². The van der Waals surface area contributed by atoms with Crippen LogP contribution in [0.3, 0.4) is 0 Å². The maximum atomic E-state index is 14.5. The normalized spacial score (nSPS) is 14.7. The van der Waals surface area contributed by atoms with Gasteiger partial charge in [-0.25, -0.2) is 23.7 Å². The summed E-state index contributed by atoms with van der Waals surface area (Å²) < 4.78 is 33.9. The highest BCUT2D eigenvalue weighted by atomic mass is 19.1. The number of hydrogen-bond acceptors (Lipinski definition) is 6. The van der Waals surface area contributed by atoms with Crippen molar-refractivity contribution in [2.75, 3.05) is 25.5 Å². The van der Waals surface area contributed by atoms with Crippen molar-refractivity contribution in [3.8, 4) is 11.3 Å². The van der Waals surface area contributed by atoms with Crippen molar-refractivity contribution in [1.29, 1.82) is 0 Å². The fraction of sp³-hybridized carbons (Fsp3) is 0.200. The Morgan fingerprint density at radius 3 is 2.68 bits per heavy atom. The van der Waals surface area contributed by atoms with Crippen molar-refractivity contribution < 1.29 is 18.3 Å². The number of imidazole rings is 1. The number of hydrogen-bond donors (Lipinski definition) is 3. The first-order valence-corrected chi connectivity index (χ1v) is 9.42. The molecule has 1 fully saturated rings. The van der Waals surface area contributed by atoms with Crippen molar-refractivity contribution in [2.24, 2.45) is 0 Å². The molecule has 3 N–H and O–H groups in total. The van der Waals surface area contributed by atoms with Crippen LogP contribution in [0.15, 0.2) is 35.1 Å².